The van der Waals surface area contributed by atoms with Crippen LogP contribution < -0.4 is 14.2 Å². The molecule has 1 heterocycles. The Bertz CT molecular complexity index is 1180. The third-order valence-corrected chi connectivity index (χ3v) is 6.08. The highest BCUT2D eigenvalue weighted by molar-refractivity contribution is 7.89. The van der Waals surface area contributed by atoms with Crippen LogP contribution in [-0.2, 0) is 23.0 Å². The quantitative estimate of drug-likeness (QED) is 0.544. The van der Waals surface area contributed by atoms with E-state index in [0.717, 1.165) is 23.7 Å². The molecule has 0 amide bonds. The fourth-order valence-corrected chi connectivity index (χ4v) is 4.27. The maximum Gasteiger partial charge on any atom is 0.264 e. The smallest absolute Gasteiger partial charge is 0.264 e. The number of nitrogens with one attached hydrogen (secondary N) is 1. The summed E-state index contributed by atoms with van der Waals surface area (Å²) in [6.07, 6.45) is 2.72. The molecule has 0 aliphatic carbocycles. The van der Waals surface area contributed by atoms with E-state index in [9.17, 15) is 12.8 Å². The van der Waals surface area contributed by atoms with Gasteiger partial charge in [-0.1, -0.05) is 25.6 Å². The maximum absolute atomic E-state index is 14.0. The van der Waals surface area contributed by atoms with Crippen LogP contribution in [0.2, 0.25) is 0 Å². The molecule has 0 unspecified atom stereocenters. The molecule has 0 saturated heterocycles. The molecule has 0 bridgehead atoms. The maximum atomic E-state index is 14.0. The number of methoxy groups -OCH3 is 2. The van der Waals surface area contributed by atoms with Gasteiger partial charge in [-0.2, -0.15) is 5.10 Å². The van der Waals surface area contributed by atoms with Crippen molar-refractivity contribution in [1.29, 1.82) is 0 Å². The SMILES string of the molecule is C=C(NS(=O)(=O)c1ccccc1F)c1c(OC)cc(Cn2ccc(CC)n2)cc1OC. The summed E-state index contributed by atoms with van der Waals surface area (Å²) in [6, 6.07) is 10.6. The van der Waals surface area contributed by atoms with Crippen molar-refractivity contribution in [3.05, 3.63) is 77.9 Å². The highest BCUT2D eigenvalue weighted by Gasteiger charge is 2.23. The van der Waals surface area contributed by atoms with Gasteiger partial charge in [0.15, 0.2) is 0 Å². The number of rotatable bonds is 9. The lowest BCUT2D eigenvalue weighted by atomic mass is 10.1. The molecule has 1 aromatic heterocycles. The first-order valence-corrected chi connectivity index (χ1v) is 11.0. The molecule has 2 aromatic carbocycles. The van der Waals surface area contributed by atoms with Crippen molar-refractivity contribution in [1.82, 2.24) is 14.5 Å². The Kier molecular flexibility index (Phi) is 6.65. The van der Waals surface area contributed by atoms with Gasteiger partial charge in [-0.3, -0.25) is 9.40 Å². The number of benzene rings is 2. The first-order chi connectivity index (χ1) is 14.8. The summed E-state index contributed by atoms with van der Waals surface area (Å²) >= 11 is 0. The van der Waals surface area contributed by atoms with E-state index >= 15 is 0 Å². The predicted molar refractivity (Wildman–Crippen MR) is 116 cm³/mol. The molecule has 3 rings (SSSR count). The minimum Gasteiger partial charge on any atom is -0.496 e. The second-order valence-electron chi connectivity index (χ2n) is 6.75. The number of aromatic nitrogens is 2. The molecule has 31 heavy (non-hydrogen) atoms. The topological polar surface area (TPSA) is 82.5 Å². The molecule has 0 aliphatic rings. The standard InChI is InChI=1S/C22H24FN3O4S/c1-5-17-10-11-26(24-17)14-16-12-19(29-3)22(20(13-16)30-4)15(2)25-31(27,28)21-9-7-6-8-18(21)23/h6-13,25H,2,5,14H2,1,3-4H3. The van der Waals surface area contributed by atoms with E-state index in [0.29, 0.717) is 23.6 Å². The van der Waals surface area contributed by atoms with Crippen LogP contribution in [0.5, 0.6) is 11.5 Å². The van der Waals surface area contributed by atoms with E-state index < -0.39 is 20.7 Å². The summed E-state index contributed by atoms with van der Waals surface area (Å²) < 4.78 is 54.4. The number of aryl methyl sites for hydroxylation is 1. The highest BCUT2D eigenvalue weighted by Crippen LogP contribution is 2.35. The summed E-state index contributed by atoms with van der Waals surface area (Å²) in [4.78, 5) is -0.476. The Morgan fingerprint density at radius 3 is 2.35 bits per heavy atom. The zero-order valence-corrected chi connectivity index (χ0v) is 18.4. The molecular formula is C22H24FN3O4S. The highest BCUT2D eigenvalue weighted by atomic mass is 32.2. The van der Waals surface area contributed by atoms with E-state index in [2.05, 4.69) is 16.4 Å². The van der Waals surface area contributed by atoms with Gasteiger partial charge in [-0.15, -0.1) is 0 Å². The van der Waals surface area contributed by atoms with Gasteiger partial charge in [0.2, 0.25) is 0 Å². The van der Waals surface area contributed by atoms with Crippen molar-refractivity contribution < 1.29 is 22.3 Å². The van der Waals surface area contributed by atoms with Crippen molar-refractivity contribution in [2.45, 2.75) is 24.8 Å². The molecule has 0 atom stereocenters. The molecule has 9 heteroatoms. The lowest BCUT2D eigenvalue weighted by Crippen LogP contribution is -2.23. The van der Waals surface area contributed by atoms with Crippen molar-refractivity contribution in [3.8, 4) is 11.5 Å². The average Bonchev–Trinajstić information content (AvgIpc) is 3.20. The second-order valence-corrected chi connectivity index (χ2v) is 8.40. The summed E-state index contributed by atoms with van der Waals surface area (Å²) in [5, 5.41) is 4.47. The molecule has 3 aromatic rings. The molecule has 164 valence electrons. The molecule has 0 aliphatic heterocycles. The molecule has 1 N–H and O–H groups in total. The Morgan fingerprint density at radius 2 is 1.81 bits per heavy atom. The molecule has 0 saturated carbocycles. The van der Waals surface area contributed by atoms with E-state index in [-0.39, 0.29) is 5.70 Å². The fraction of sp³-hybridized carbons (Fsp3) is 0.227. The minimum absolute atomic E-state index is 0.00383. The lowest BCUT2D eigenvalue weighted by Gasteiger charge is -2.18. The molecule has 0 fully saturated rings. The van der Waals surface area contributed by atoms with Crippen LogP contribution in [0.15, 0.2) is 60.1 Å². The number of sulfonamides is 1. The number of halogens is 1. The van der Waals surface area contributed by atoms with Crippen LogP contribution in [0.25, 0.3) is 5.70 Å². The summed E-state index contributed by atoms with van der Waals surface area (Å²) in [7, 11) is -1.27. The van der Waals surface area contributed by atoms with Gasteiger partial charge >= 0.3 is 0 Å². The molecule has 0 spiro atoms. The third kappa shape index (κ3) is 4.88. The van der Waals surface area contributed by atoms with Crippen LogP contribution in [0.4, 0.5) is 4.39 Å². The Balaban J connectivity index is 1.94. The molecule has 7 nitrogen and oxygen atoms in total. The van der Waals surface area contributed by atoms with Gasteiger partial charge in [0, 0.05) is 6.20 Å². The predicted octanol–water partition coefficient (Wildman–Crippen LogP) is 3.60. The van der Waals surface area contributed by atoms with E-state index in [1.807, 2.05) is 19.2 Å². The van der Waals surface area contributed by atoms with Crippen LogP contribution in [0.1, 0.15) is 23.7 Å². The minimum atomic E-state index is -4.20. The van der Waals surface area contributed by atoms with E-state index in [1.165, 1.54) is 32.4 Å². The van der Waals surface area contributed by atoms with E-state index in [1.54, 1.807) is 16.8 Å². The van der Waals surface area contributed by atoms with Crippen molar-refractivity contribution in [3.63, 3.8) is 0 Å². The van der Waals surface area contributed by atoms with Gasteiger partial charge in [-0.25, -0.2) is 12.8 Å². The fourth-order valence-electron chi connectivity index (χ4n) is 3.15. The number of hydrogen-bond acceptors (Lipinski definition) is 5. The monoisotopic (exact) mass is 445 g/mol. The zero-order valence-electron chi connectivity index (χ0n) is 17.6. The first-order valence-electron chi connectivity index (χ1n) is 9.53. The van der Waals surface area contributed by atoms with Crippen LogP contribution in [0, 0.1) is 5.82 Å². The summed E-state index contributed by atoms with van der Waals surface area (Å²) in [5.74, 6) is -0.139. The van der Waals surface area contributed by atoms with Crippen molar-refractivity contribution >= 4 is 15.7 Å². The Labute approximate surface area is 181 Å². The number of hydrogen-bond donors (Lipinski definition) is 1. The normalized spacial score (nSPS) is 11.2. The van der Waals surface area contributed by atoms with Crippen LogP contribution >= 0.6 is 0 Å². The van der Waals surface area contributed by atoms with E-state index in [4.69, 9.17) is 9.47 Å². The Morgan fingerprint density at radius 1 is 1.16 bits per heavy atom. The Hall–Kier alpha value is -3.33. The second kappa shape index (κ2) is 9.22. The van der Waals surface area contributed by atoms with Crippen LogP contribution in [-0.4, -0.2) is 32.4 Å². The largest absolute Gasteiger partial charge is 0.496 e. The molecular weight excluding hydrogens is 421 g/mol. The third-order valence-electron chi connectivity index (χ3n) is 4.65. The molecule has 0 radical (unpaired) electrons. The van der Waals surface area contributed by atoms with Gasteiger partial charge in [0.25, 0.3) is 10.0 Å². The first kappa shape index (κ1) is 22.4. The van der Waals surface area contributed by atoms with Crippen molar-refractivity contribution in [2.24, 2.45) is 0 Å². The van der Waals surface area contributed by atoms with Gasteiger partial charge < -0.3 is 9.47 Å². The summed E-state index contributed by atoms with van der Waals surface area (Å²) in [5.41, 5.74) is 2.14. The zero-order chi connectivity index (χ0) is 22.6. The number of nitrogens with zero attached hydrogens (tertiary/aromatic N) is 2. The van der Waals surface area contributed by atoms with Gasteiger partial charge in [0.05, 0.1) is 37.7 Å². The lowest BCUT2D eigenvalue weighted by molar-refractivity contribution is 0.390. The van der Waals surface area contributed by atoms with Crippen LogP contribution in [0.3, 0.4) is 0 Å². The van der Waals surface area contributed by atoms with Gasteiger partial charge in [-0.05, 0) is 42.3 Å². The van der Waals surface area contributed by atoms with Crippen molar-refractivity contribution in [2.75, 3.05) is 14.2 Å². The average molecular weight is 446 g/mol. The van der Waals surface area contributed by atoms with Gasteiger partial charge in [0.1, 0.15) is 22.2 Å². The number of ether oxygens (including phenoxy) is 2. The summed E-state index contributed by atoms with van der Waals surface area (Å²) in [6.45, 7) is 6.32.